The minimum atomic E-state index is -0.425. The highest BCUT2D eigenvalue weighted by Crippen LogP contribution is 2.19. The van der Waals surface area contributed by atoms with Crippen molar-refractivity contribution in [1.82, 2.24) is 15.0 Å². The van der Waals surface area contributed by atoms with E-state index in [2.05, 4.69) is 20.3 Å². The third kappa shape index (κ3) is 3.54. The molecule has 0 aliphatic carbocycles. The first-order valence-corrected chi connectivity index (χ1v) is 6.56. The number of hydrogen-bond donors (Lipinski definition) is 1. The Morgan fingerprint density at radius 1 is 1.35 bits per heavy atom. The lowest BCUT2D eigenvalue weighted by molar-refractivity contribution is 0.320. The zero-order valence-corrected chi connectivity index (χ0v) is 11.7. The Morgan fingerprint density at radius 3 is 2.95 bits per heavy atom. The molecule has 0 radical (unpaired) electrons. The van der Waals surface area contributed by atoms with Gasteiger partial charge in [-0.15, -0.1) is 0 Å². The summed E-state index contributed by atoms with van der Waals surface area (Å²) in [4.78, 5) is 11.7. The van der Waals surface area contributed by atoms with Crippen LogP contribution in [0.5, 0.6) is 5.88 Å². The maximum Gasteiger partial charge on any atom is 0.232 e. The van der Waals surface area contributed by atoms with Gasteiger partial charge in [0.15, 0.2) is 11.6 Å². The molecular weight excluding hydrogens is 283 g/mol. The van der Waals surface area contributed by atoms with Crippen molar-refractivity contribution in [2.24, 2.45) is 0 Å². The Balaban J connectivity index is 1.86. The number of nitrogens with zero attached hydrogens (tertiary/aromatic N) is 3. The van der Waals surface area contributed by atoms with Gasteiger partial charge >= 0.3 is 0 Å². The number of halogens is 2. The van der Waals surface area contributed by atoms with Crippen LogP contribution in [0.4, 0.5) is 10.2 Å². The van der Waals surface area contributed by atoms with Gasteiger partial charge in [-0.1, -0.05) is 18.5 Å². The predicted octanol–water partition coefficient (Wildman–Crippen LogP) is 2.72. The number of aryl methyl sites for hydroxylation is 1. The van der Waals surface area contributed by atoms with Crippen LogP contribution in [0.3, 0.4) is 0 Å². The molecule has 0 aromatic carbocycles. The lowest BCUT2D eigenvalue weighted by atomic mass is 10.3. The predicted molar refractivity (Wildman–Crippen MR) is 74.6 cm³/mol. The summed E-state index contributed by atoms with van der Waals surface area (Å²) in [6.45, 7) is 2.51. The molecule has 2 aromatic rings. The number of anilines is 1. The van der Waals surface area contributed by atoms with Crippen LogP contribution in [0, 0.1) is 5.82 Å². The van der Waals surface area contributed by atoms with E-state index in [0.29, 0.717) is 36.2 Å². The maximum atomic E-state index is 13.8. The Morgan fingerprint density at radius 2 is 2.20 bits per heavy atom. The second-order valence-corrected chi connectivity index (χ2v) is 4.31. The van der Waals surface area contributed by atoms with E-state index in [4.69, 9.17) is 16.3 Å². The van der Waals surface area contributed by atoms with E-state index in [-0.39, 0.29) is 5.82 Å². The van der Waals surface area contributed by atoms with Crippen LogP contribution in [0.1, 0.15) is 12.6 Å². The number of aromatic nitrogens is 3. The molecule has 0 aliphatic rings. The molecule has 20 heavy (non-hydrogen) atoms. The van der Waals surface area contributed by atoms with Crippen LogP contribution in [0.2, 0.25) is 5.02 Å². The molecule has 0 saturated carbocycles. The van der Waals surface area contributed by atoms with E-state index in [1.165, 1.54) is 6.33 Å². The van der Waals surface area contributed by atoms with Crippen molar-refractivity contribution in [3.63, 3.8) is 0 Å². The van der Waals surface area contributed by atoms with Crippen LogP contribution in [-0.4, -0.2) is 28.1 Å². The van der Waals surface area contributed by atoms with Gasteiger partial charge in [-0.2, -0.15) is 0 Å². The van der Waals surface area contributed by atoms with Crippen molar-refractivity contribution in [3.8, 4) is 5.88 Å². The Kier molecular flexibility index (Phi) is 5.06. The molecule has 5 nitrogen and oxygen atoms in total. The van der Waals surface area contributed by atoms with Crippen LogP contribution in [-0.2, 0) is 6.42 Å². The highest BCUT2D eigenvalue weighted by atomic mass is 35.5. The zero-order valence-electron chi connectivity index (χ0n) is 10.9. The molecule has 0 bridgehead atoms. The van der Waals surface area contributed by atoms with Crippen molar-refractivity contribution >= 4 is 17.4 Å². The largest absolute Gasteiger partial charge is 0.475 e. The molecule has 2 heterocycles. The van der Waals surface area contributed by atoms with E-state index in [0.717, 1.165) is 0 Å². The van der Waals surface area contributed by atoms with Crippen molar-refractivity contribution < 1.29 is 9.13 Å². The van der Waals surface area contributed by atoms with Gasteiger partial charge in [0.25, 0.3) is 0 Å². The molecule has 0 atom stereocenters. The molecule has 2 rings (SSSR count). The molecule has 0 amide bonds. The molecule has 0 saturated heterocycles. The number of ether oxygens (including phenoxy) is 1. The van der Waals surface area contributed by atoms with Crippen LogP contribution in [0.25, 0.3) is 0 Å². The number of rotatable bonds is 6. The van der Waals surface area contributed by atoms with E-state index < -0.39 is 5.82 Å². The van der Waals surface area contributed by atoms with E-state index in [1.54, 1.807) is 18.3 Å². The normalized spacial score (nSPS) is 10.3. The number of nitrogens with one attached hydrogen (secondary N) is 1. The van der Waals surface area contributed by atoms with E-state index in [1.807, 2.05) is 6.92 Å². The van der Waals surface area contributed by atoms with Crippen molar-refractivity contribution in [2.75, 3.05) is 18.5 Å². The summed E-state index contributed by atoms with van der Waals surface area (Å²) in [5.74, 6) is 0.104. The average molecular weight is 297 g/mol. The highest BCUT2D eigenvalue weighted by Gasteiger charge is 2.09. The van der Waals surface area contributed by atoms with Gasteiger partial charge in [0.2, 0.25) is 5.88 Å². The van der Waals surface area contributed by atoms with Gasteiger partial charge in [0.05, 0.1) is 12.2 Å². The van der Waals surface area contributed by atoms with Crippen molar-refractivity contribution in [1.29, 1.82) is 0 Å². The SMILES string of the molecule is CCc1ncnc(NCCOc2ncccc2Cl)c1F. The minimum Gasteiger partial charge on any atom is -0.475 e. The fourth-order valence-corrected chi connectivity index (χ4v) is 1.75. The Labute approximate surface area is 121 Å². The first-order valence-electron chi connectivity index (χ1n) is 6.19. The number of pyridine rings is 1. The van der Waals surface area contributed by atoms with E-state index >= 15 is 0 Å². The topological polar surface area (TPSA) is 59.9 Å². The molecule has 106 valence electrons. The maximum absolute atomic E-state index is 13.8. The highest BCUT2D eigenvalue weighted by molar-refractivity contribution is 6.31. The van der Waals surface area contributed by atoms with Crippen molar-refractivity contribution in [2.45, 2.75) is 13.3 Å². The van der Waals surface area contributed by atoms with Gasteiger partial charge in [0.1, 0.15) is 18.0 Å². The van der Waals surface area contributed by atoms with Gasteiger partial charge < -0.3 is 10.1 Å². The third-order valence-electron chi connectivity index (χ3n) is 2.55. The second-order valence-electron chi connectivity index (χ2n) is 3.90. The minimum absolute atomic E-state index is 0.174. The summed E-state index contributed by atoms with van der Waals surface area (Å²) in [6, 6.07) is 3.41. The third-order valence-corrected chi connectivity index (χ3v) is 2.84. The second kappa shape index (κ2) is 7.00. The fourth-order valence-electron chi connectivity index (χ4n) is 1.57. The molecule has 1 N–H and O–H groups in total. The zero-order chi connectivity index (χ0) is 14.4. The standard InChI is InChI=1S/C13H14ClFN4O/c1-2-10-11(15)12(19-8-18-10)16-6-7-20-13-9(14)4-3-5-17-13/h3-5,8H,2,6-7H2,1H3,(H,16,18,19). The molecule has 0 fully saturated rings. The van der Waals surface area contributed by atoms with Crippen LogP contribution >= 0.6 is 11.6 Å². The summed E-state index contributed by atoms with van der Waals surface area (Å²) >= 11 is 5.90. The molecule has 0 aliphatic heterocycles. The molecular formula is C13H14ClFN4O. The van der Waals surface area contributed by atoms with Crippen LogP contribution in [0.15, 0.2) is 24.7 Å². The smallest absolute Gasteiger partial charge is 0.232 e. The Hall–Kier alpha value is -1.95. The monoisotopic (exact) mass is 296 g/mol. The molecule has 0 unspecified atom stereocenters. The summed E-state index contributed by atoms with van der Waals surface area (Å²) in [7, 11) is 0. The first kappa shape index (κ1) is 14.5. The lowest BCUT2D eigenvalue weighted by Crippen LogP contribution is -2.15. The first-order chi connectivity index (χ1) is 9.72. The number of hydrogen-bond acceptors (Lipinski definition) is 5. The summed E-state index contributed by atoms with van der Waals surface area (Å²) < 4.78 is 19.2. The lowest BCUT2D eigenvalue weighted by Gasteiger charge is -2.09. The van der Waals surface area contributed by atoms with Crippen LogP contribution < -0.4 is 10.1 Å². The van der Waals surface area contributed by atoms with Gasteiger partial charge in [-0.25, -0.2) is 19.3 Å². The van der Waals surface area contributed by atoms with Gasteiger partial charge in [-0.3, -0.25) is 0 Å². The fraction of sp³-hybridized carbons (Fsp3) is 0.308. The van der Waals surface area contributed by atoms with Gasteiger partial charge in [0, 0.05) is 6.20 Å². The molecule has 0 spiro atoms. The molecule has 2 aromatic heterocycles. The van der Waals surface area contributed by atoms with Crippen molar-refractivity contribution in [3.05, 3.63) is 41.2 Å². The summed E-state index contributed by atoms with van der Waals surface area (Å²) in [5, 5.41) is 3.29. The Bertz CT molecular complexity index is 582. The van der Waals surface area contributed by atoms with Gasteiger partial charge in [-0.05, 0) is 18.6 Å². The quantitative estimate of drug-likeness (QED) is 0.831. The molecule has 7 heteroatoms. The summed E-state index contributed by atoms with van der Waals surface area (Å²) in [6.07, 6.45) is 3.44. The average Bonchev–Trinajstić information content (AvgIpc) is 2.47. The van der Waals surface area contributed by atoms with E-state index in [9.17, 15) is 4.39 Å². The summed E-state index contributed by atoms with van der Waals surface area (Å²) in [5.41, 5.74) is 0.385.